The van der Waals surface area contributed by atoms with E-state index in [-0.39, 0.29) is 17.5 Å². The van der Waals surface area contributed by atoms with Crippen LogP contribution in [-0.2, 0) is 4.79 Å². The lowest BCUT2D eigenvalue weighted by Gasteiger charge is -2.18. The molecule has 5 rings (SSSR count). The van der Waals surface area contributed by atoms with E-state index < -0.39 is 10.2 Å². The molecule has 0 aliphatic rings. The van der Waals surface area contributed by atoms with Gasteiger partial charge in [-0.25, -0.2) is 0 Å². The molecule has 0 saturated carbocycles. The highest BCUT2D eigenvalue weighted by Gasteiger charge is 2.23. The minimum absolute atomic E-state index is 0.0846. The molecule has 39 heavy (non-hydrogen) atoms. The first-order valence-corrected chi connectivity index (χ1v) is 13.0. The van der Waals surface area contributed by atoms with Crippen LogP contribution in [0.25, 0.3) is 10.8 Å². The molecule has 0 heterocycles. The van der Waals surface area contributed by atoms with Crippen LogP contribution in [0.4, 0.5) is 17.1 Å². The third-order valence-electron chi connectivity index (χ3n) is 6.07. The topological polar surface area (TPSA) is 101 Å². The first-order chi connectivity index (χ1) is 19.0. The number of nitrogens with one attached hydrogen (secondary N) is 2. The molecule has 192 valence electrons. The van der Waals surface area contributed by atoms with Crippen LogP contribution >= 0.6 is 11.8 Å². The lowest BCUT2D eigenvalue weighted by atomic mass is 10.1. The van der Waals surface area contributed by atoms with Crippen molar-refractivity contribution in [2.75, 3.05) is 10.6 Å². The Morgan fingerprint density at radius 1 is 0.744 bits per heavy atom. The maximum atomic E-state index is 13.6. The fourth-order valence-corrected chi connectivity index (χ4v) is 5.24. The number of benzene rings is 5. The van der Waals surface area contributed by atoms with Gasteiger partial charge in [0, 0.05) is 39.4 Å². The molecule has 0 radical (unpaired) electrons. The quantitative estimate of drug-likeness (QED) is 0.122. The second kappa shape index (κ2) is 11.6. The molecule has 0 fully saturated rings. The van der Waals surface area contributed by atoms with Crippen LogP contribution < -0.4 is 10.6 Å². The Morgan fingerprint density at radius 3 is 2.21 bits per heavy atom. The van der Waals surface area contributed by atoms with Gasteiger partial charge in [-0.05, 0) is 47.3 Å². The van der Waals surface area contributed by atoms with Gasteiger partial charge >= 0.3 is 0 Å². The van der Waals surface area contributed by atoms with Crippen LogP contribution in [0.3, 0.4) is 0 Å². The Bertz CT molecular complexity index is 1650. The average Bonchev–Trinajstić information content (AvgIpc) is 2.97. The molecule has 8 heteroatoms. The number of hydrogen-bond donors (Lipinski definition) is 2. The molecule has 2 N–H and O–H groups in total. The average molecular weight is 534 g/mol. The monoisotopic (exact) mass is 533 g/mol. The van der Waals surface area contributed by atoms with E-state index >= 15 is 0 Å². The molecular weight excluding hydrogens is 510 g/mol. The number of amides is 2. The number of carbonyl (C=O) groups is 2. The molecule has 0 bridgehead atoms. The van der Waals surface area contributed by atoms with E-state index in [0.29, 0.717) is 11.3 Å². The van der Waals surface area contributed by atoms with E-state index in [9.17, 15) is 19.7 Å². The second-order valence-corrected chi connectivity index (χ2v) is 9.89. The lowest BCUT2D eigenvalue weighted by molar-refractivity contribution is -0.384. The maximum Gasteiger partial charge on any atom is 0.269 e. The van der Waals surface area contributed by atoms with Crippen molar-refractivity contribution in [1.29, 1.82) is 0 Å². The van der Waals surface area contributed by atoms with Crippen molar-refractivity contribution in [3.63, 3.8) is 0 Å². The first-order valence-electron chi connectivity index (χ1n) is 12.1. The van der Waals surface area contributed by atoms with Crippen LogP contribution in [-0.4, -0.2) is 16.7 Å². The molecule has 0 aliphatic carbocycles. The van der Waals surface area contributed by atoms with E-state index in [1.54, 1.807) is 18.2 Å². The SMILES string of the molecule is O=C(Nc1cccc(SC(C(=O)Nc2cccc3ccccc23)c2ccccc2)c1)c1ccc([N+](=O)[O-])cc1. The normalized spacial score (nSPS) is 11.5. The van der Waals surface area contributed by atoms with Crippen molar-refractivity contribution in [2.24, 2.45) is 0 Å². The van der Waals surface area contributed by atoms with Gasteiger partial charge in [-0.3, -0.25) is 19.7 Å². The summed E-state index contributed by atoms with van der Waals surface area (Å²) in [5.41, 5.74) is 2.35. The van der Waals surface area contributed by atoms with Crippen LogP contribution in [0, 0.1) is 10.1 Å². The van der Waals surface area contributed by atoms with Gasteiger partial charge in [0.2, 0.25) is 5.91 Å². The second-order valence-electron chi connectivity index (χ2n) is 8.71. The maximum absolute atomic E-state index is 13.6. The molecule has 1 unspecified atom stereocenters. The number of nitrogens with zero attached hydrogens (tertiary/aromatic N) is 1. The van der Waals surface area contributed by atoms with Crippen molar-refractivity contribution in [2.45, 2.75) is 10.1 Å². The van der Waals surface area contributed by atoms with E-state index in [1.807, 2.05) is 78.9 Å². The highest BCUT2D eigenvalue weighted by atomic mass is 32.2. The van der Waals surface area contributed by atoms with Gasteiger partial charge in [0.25, 0.3) is 11.6 Å². The van der Waals surface area contributed by atoms with E-state index in [4.69, 9.17) is 0 Å². The van der Waals surface area contributed by atoms with Crippen molar-refractivity contribution in [3.05, 3.63) is 143 Å². The summed E-state index contributed by atoms with van der Waals surface area (Å²) in [6.07, 6.45) is 0. The van der Waals surface area contributed by atoms with Crippen LogP contribution in [0.1, 0.15) is 21.2 Å². The smallest absolute Gasteiger partial charge is 0.269 e. The number of rotatable bonds is 8. The van der Waals surface area contributed by atoms with E-state index in [1.165, 1.54) is 36.0 Å². The number of nitro benzene ring substituents is 1. The molecule has 0 spiro atoms. The minimum Gasteiger partial charge on any atom is -0.324 e. The first kappa shape index (κ1) is 25.7. The van der Waals surface area contributed by atoms with Gasteiger partial charge in [-0.15, -0.1) is 11.8 Å². The van der Waals surface area contributed by atoms with E-state index in [0.717, 1.165) is 26.9 Å². The third-order valence-corrected chi connectivity index (χ3v) is 7.32. The number of nitro groups is 1. The summed E-state index contributed by atoms with van der Waals surface area (Å²) in [5, 5.41) is 18.3. The lowest BCUT2D eigenvalue weighted by Crippen LogP contribution is -2.19. The summed E-state index contributed by atoms with van der Waals surface area (Å²) in [5.74, 6) is -0.553. The van der Waals surface area contributed by atoms with Crippen molar-refractivity contribution < 1.29 is 14.5 Å². The van der Waals surface area contributed by atoms with Crippen LogP contribution in [0.2, 0.25) is 0 Å². The standard InChI is InChI=1S/C31H23N3O4S/c35-30(23-16-18-25(19-17-23)34(37)38)32-24-12-7-13-26(20-24)39-29(22-9-2-1-3-10-22)31(36)33-28-15-6-11-21-8-4-5-14-27(21)28/h1-20,29H,(H,32,35)(H,33,36). The summed E-state index contributed by atoms with van der Waals surface area (Å²) >= 11 is 1.38. The highest BCUT2D eigenvalue weighted by Crippen LogP contribution is 2.38. The van der Waals surface area contributed by atoms with Gasteiger partial charge in [-0.2, -0.15) is 0 Å². The predicted molar refractivity (Wildman–Crippen MR) is 155 cm³/mol. The number of non-ortho nitro benzene ring substituents is 1. The fourth-order valence-electron chi connectivity index (χ4n) is 4.15. The molecule has 1 atom stereocenters. The highest BCUT2D eigenvalue weighted by molar-refractivity contribution is 8.00. The Hall–Kier alpha value is -4.95. The zero-order chi connectivity index (χ0) is 27.2. The van der Waals surface area contributed by atoms with Crippen molar-refractivity contribution >= 4 is 51.4 Å². The number of carbonyl (C=O) groups excluding carboxylic acids is 2. The fraction of sp³-hybridized carbons (Fsp3) is 0.0323. The predicted octanol–water partition coefficient (Wildman–Crippen LogP) is 7.47. The van der Waals surface area contributed by atoms with Crippen LogP contribution in [0.15, 0.2) is 126 Å². The largest absolute Gasteiger partial charge is 0.324 e. The van der Waals surface area contributed by atoms with E-state index in [2.05, 4.69) is 10.6 Å². The summed E-state index contributed by atoms with van der Waals surface area (Å²) in [6, 6.07) is 35.9. The Kier molecular flexibility index (Phi) is 7.65. The Balaban J connectivity index is 1.36. The van der Waals surface area contributed by atoms with Gasteiger partial charge in [0.05, 0.1) is 4.92 Å². The van der Waals surface area contributed by atoms with Gasteiger partial charge in [0.15, 0.2) is 0 Å². The number of hydrogen-bond acceptors (Lipinski definition) is 5. The Morgan fingerprint density at radius 2 is 1.44 bits per heavy atom. The van der Waals surface area contributed by atoms with Gasteiger partial charge < -0.3 is 10.6 Å². The summed E-state index contributed by atoms with van der Waals surface area (Å²) in [7, 11) is 0. The zero-order valence-corrected chi connectivity index (χ0v) is 21.4. The number of fused-ring (bicyclic) bond motifs is 1. The Labute approximate surface area is 229 Å². The van der Waals surface area contributed by atoms with Crippen molar-refractivity contribution in [3.8, 4) is 0 Å². The van der Waals surface area contributed by atoms with Gasteiger partial charge in [-0.1, -0.05) is 72.8 Å². The zero-order valence-electron chi connectivity index (χ0n) is 20.6. The molecular formula is C31H23N3O4S. The third kappa shape index (κ3) is 6.14. The number of anilines is 2. The summed E-state index contributed by atoms with van der Waals surface area (Å²) in [4.78, 5) is 37.5. The minimum atomic E-state index is -0.550. The molecule has 2 amide bonds. The molecule has 5 aromatic carbocycles. The van der Waals surface area contributed by atoms with Crippen LogP contribution in [0.5, 0.6) is 0 Å². The molecule has 5 aromatic rings. The molecule has 0 aromatic heterocycles. The number of thioether (sulfide) groups is 1. The molecule has 7 nitrogen and oxygen atoms in total. The van der Waals surface area contributed by atoms with Gasteiger partial charge in [0.1, 0.15) is 5.25 Å². The molecule has 0 aliphatic heterocycles. The summed E-state index contributed by atoms with van der Waals surface area (Å²) in [6.45, 7) is 0. The van der Waals surface area contributed by atoms with Crippen molar-refractivity contribution in [1.82, 2.24) is 0 Å². The summed E-state index contributed by atoms with van der Waals surface area (Å²) < 4.78 is 0. The molecule has 0 saturated heterocycles.